The lowest BCUT2D eigenvalue weighted by Crippen LogP contribution is -2.53. The zero-order valence-corrected chi connectivity index (χ0v) is 10.9. The van der Waals surface area contributed by atoms with Gasteiger partial charge in [0.05, 0.1) is 7.11 Å². The number of hydrogen-bond donors (Lipinski definition) is 2. The fraction of sp³-hybridized carbons (Fsp3) is 0.800. The lowest BCUT2D eigenvalue weighted by atomic mass is 10.1. The summed E-state index contributed by atoms with van der Waals surface area (Å²) in [5, 5.41) is 2.85. The summed E-state index contributed by atoms with van der Waals surface area (Å²) in [7, 11) is 3.06. The Bertz CT molecular complexity index is 258. The molecule has 0 rings (SSSR count). The van der Waals surface area contributed by atoms with Crippen molar-refractivity contribution in [3.8, 4) is 0 Å². The van der Waals surface area contributed by atoms with E-state index in [9.17, 15) is 4.79 Å². The van der Waals surface area contributed by atoms with Gasteiger partial charge in [-0.25, -0.2) is 10.3 Å². The van der Waals surface area contributed by atoms with Crippen LogP contribution in [0.25, 0.3) is 0 Å². The summed E-state index contributed by atoms with van der Waals surface area (Å²) in [6.07, 6.45) is 0. The summed E-state index contributed by atoms with van der Waals surface area (Å²) >= 11 is 0. The molecule has 0 fully saturated rings. The largest absolute Gasteiger partial charge is 0.333 e. The van der Waals surface area contributed by atoms with Crippen LogP contribution in [0.1, 0.15) is 27.7 Å². The predicted octanol–water partition coefficient (Wildman–Crippen LogP) is 0.953. The Morgan fingerprint density at radius 2 is 2.00 bits per heavy atom. The van der Waals surface area contributed by atoms with Crippen LogP contribution in [0.4, 0.5) is 4.79 Å². The third kappa shape index (κ3) is 4.97. The molecule has 0 unspecified atom stereocenters. The standard InChI is InChI=1S/C10H22N4O2/c1-7-14(8(11-5)13-16-6)9(15)12-10(2,3)4/h7H2,1-6H3,(H,11,13)(H,12,15). The molecule has 0 aliphatic rings. The monoisotopic (exact) mass is 230 g/mol. The maximum atomic E-state index is 11.9. The van der Waals surface area contributed by atoms with Gasteiger partial charge < -0.3 is 5.32 Å². The molecule has 0 aliphatic carbocycles. The van der Waals surface area contributed by atoms with Crippen molar-refractivity contribution in [2.45, 2.75) is 33.2 Å². The molecular formula is C10H22N4O2. The number of guanidine groups is 1. The Morgan fingerprint density at radius 3 is 2.31 bits per heavy atom. The van der Waals surface area contributed by atoms with E-state index in [0.717, 1.165) is 0 Å². The van der Waals surface area contributed by atoms with Crippen LogP contribution < -0.4 is 10.8 Å². The van der Waals surface area contributed by atoms with Gasteiger partial charge in [0.25, 0.3) is 0 Å². The molecule has 94 valence electrons. The maximum absolute atomic E-state index is 11.9. The van der Waals surface area contributed by atoms with E-state index in [1.807, 2.05) is 27.7 Å². The van der Waals surface area contributed by atoms with Gasteiger partial charge in [0.1, 0.15) is 0 Å². The second-order valence-electron chi connectivity index (χ2n) is 4.28. The van der Waals surface area contributed by atoms with E-state index in [-0.39, 0.29) is 11.6 Å². The van der Waals surface area contributed by atoms with Gasteiger partial charge in [0.2, 0.25) is 5.96 Å². The van der Waals surface area contributed by atoms with Crippen molar-refractivity contribution in [1.29, 1.82) is 0 Å². The molecule has 0 aromatic carbocycles. The molecule has 0 saturated carbocycles. The fourth-order valence-electron chi connectivity index (χ4n) is 1.09. The topological polar surface area (TPSA) is 66.0 Å². The molecule has 2 N–H and O–H groups in total. The highest BCUT2D eigenvalue weighted by Gasteiger charge is 2.21. The summed E-state index contributed by atoms with van der Waals surface area (Å²) in [5.74, 6) is 0.381. The Kier molecular flexibility index (Phi) is 5.81. The van der Waals surface area contributed by atoms with Gasteiger partial charge in [-0.2, -0.15) is 0 Å². The summed E-state index contributed by atoms with van der Waals surface area (Å²) in [6, 6.07) is -0.208. The van der Waals surface area contributed by atoms with E-state index in [2.05, 4.69) is 15.8 Å². The Morgan fingerprint density at radius 1 is 1.44 bits per heavy atom. The molecule has 0 atom stereocenters. The molecule has 0 aromatic heterocycles. The number of hydrogen-bond acceptors (Lipinski definition) is 3. The number of nitrogens with one attached hydrogen (secondary N) is 2. The quantitative estimate of drug-likeness (QED) is 0.422. The molecule has 6 heteroatoms. The van der Waals surface area contributed by atoms with Crippen LogP contribution in [0.15, 0.2) is 4.99 Å². The van der Waals surface area contributed by atoms with E-state index >= 15 is 0 Å². The van der Waals surface area contributed by atoms with Crippen molar-refractivity contribution in [2.24, 2.45) is 4.99 Å². The first kappa shape index (κ1) is 14.7. The zero-order valence-electron chi connectivity index (χ0n) is 10.9. The Labute approximate surface area is 97.0 Å². The molecule has 16 heavy (non-hydrogen) atoms. The third-order valence-electron chi connectivity index (χ3n) is 1.70. The average Bonchev–Trinajstić information content (AvgIpc) is 2.14. The van der Waals surface area contributed by atoms with Crippen molar-refractivity contribution in [3.05, 3.63) is 0 Å². The van der Waals surface area contributed by atoms with E-state index < -0.39 is 0 Å². The van der Waals surface area contributed by atoms with Gasteiger partial charge in [-0.15, -0.1) is 0 Å². The number of aliphatic imine (C=N–C) groups is 1. The summed E-state index contributed by atoms with van der Waals surface area (Å²) in [4.78, 5) is 22.1. The van der Waals surface area contributed by atoms with Crippen LogP contribution in [0, 0.1) is 0 Å². The minimum absolute atomic E-state index is 0.208. The highest BCUT2D eigenvalue weighted by molar-refractivity contribution is 5.96. The van der Waals surface area contributed by atoms with Crippen molar-refractivity contribution in [1.82, 2.24) is 15.7 Å². The van der Waals surface area contributed by atoms with Gasteiger partial charge in [0, 0.05) is 19.1 Å². The molecule has 6 nitrogen and oxygen atoms in total. The van der Waals surface area contributed by atoms with Crippen LogP contribution in [0.2, 0.25) is 0 Å². The smallest absolute Gasteiger partial charge is 0.324 e. The second kappa shape index (κ2) is 6.32. The number of carbonyl (C=O) groups excluding carboxylic acids is 1. The maximum Gasteiger partial charge on any atom is 0.324 e. The minimum atomic E-state index is -0.281. The van der Waals surface area contributed by atoms with Gasteiger partial charge >= 0.3 is 6.03 Å². The van der Waals surface area contributed by atoms with Gasteiger partial charge in [-0.05, 0) is 27.7 Å². The highest BCUT2D eigenvalue weighted by atomic mass is 16.6. The first-order chi connectivity index (χ1) is 7.35. The number of rotatable bonds is 2. The average molecular weight is 230 g/mol. The van der Waals surface area contributed by atoms with E-state index in [1.54, 1.807) is 7.05 Å². The molecule has 2 amide bonds. The predicted molar refractivity (Wildman–Crippen MR) is 64.2 cm³/mol. The van der Waals surface area contributed by atoms with Crippen LogP contribution in [0.3, 0.4) is 0 Å². The molecule has 0 spiro atoms. The van der Waals surface area contributed by atoms with Gasteiger partial charge in [-0.1, -0.05) is 0 Å². The normalized spacial score (nSPS) is 12.2. The minimum Gasteiger partial charge on any atom is -0.333 e. The summed E-state index contributed by atoms with van der Waals surface area (Å²) in [6.45, 7) is 8.14. The second-order valence-corrected chi connectivity index (χ2v) is 4.28. The van der Waals surface area contributed by atoms with Crippen LogP contribution in [-0.2, 0) is 4.84 Å². The van der Waals surface area contributed by atoms with Crippen LogP contribution in [0.5, 0.6) is 0 Å². The lowest BCUT2D eigenvalue weighted by Gasteiger charge is -2.27. The zero-order chi connectivity index (χ0) is 12.8. The number of nitrogens with zero attached hydrogens (tertiary/aromatic N) is 2. The molecular weight excluding hydrogens is 208 g/mol. The lowest BCUT2D eigenvalue weighted by molar-refractivity contribution is 0.131. The third-order valence-corrected chi connectivity index (χ3v) is 1.70. The molecule has 0 saturated heterocycles. The number of hydroxylamine groups is 1. The molecule has 0 radical (unpaired) electrons. The van der Waals surface area contributed by atoms with Gasteiger partial charge in [0.15, 0.2) is 0 Å². The van der Waals surface area contributed by atoms with Crippen molar-refractivity contribution < 1.29 is 9.63 Å². The van der Waals surface area contributed by atoms with Crippen LogP contribution >= 0.6 is 0 Å². The van der Waals surface area contributed by atoms with Crippen molar-refractivity contribution >= 4 is 12.0 Å². The first-order valence-corrected chi connectivity index (χ1v) is 5.21. The van der Waals surface area contributed by atoms with Crippen molar-refractivity contribution in [2.75, 3.05) is 20.7 Å². The number of amides is 2. The number of urea groups is 1. The molecule has 0 bridgehead atoms. The molecule has 0 aromatic rings. The van der Waals surface area contributed by atoms with E-state index in [4.69, 9.17) is 4.84 Å². The highest BCUT2D eigenvalue weighted by Crippen LogP contribution is 2.01. The Hall–Kier alpha value is -1.30. The van der Waals surface area contributed by atoms with E-state index in [1.165, 1.54) is 12.0 Å². The van der Waals surface area contributed by atoms with Crippen molar-refractivity contribution in [3.63, 3.8) is 0 Å². The Balaban J connectivity index is 4.66. The molecule has 0 heterocycles. The SMILES string of the molecule is CCN(C(=O)NC(C)(C)C)C(=NC)NOC. The first-order valence-electron chi connectivity index (χ1n) is 5.21. The summed E-state index contributed by atoms with van der Waals surface area (Å²) < 4.78 is 0. The van der Waals surface area contributed by atoms with E-state index in [0.29, 0.717) is 12.5 Å². The van der Waals surface area contributed by atoms with Crippen LogP contribution in [-0.4, -0.2) is 43.1 Å². The number of carbonyl (C=O) groups is 1. The van der Waals surface area contributed by atoms with Gasteiger partial charge in [-0.3, -0.25) is 14.7 Å². The molecule has 0 aliphatic heterocycles. The fourth-order valence-corrected chi connectivity index (χ4v) is 1.09. The summed E-state index contributed by atoms with van der Waals surface area (Å²) in [5.41, 5.74) is 2.28.